The second-order valence-corrected chi connectivity index (χ2v) is 7.51. The lowest BCUT2D eigenvalue weighted by Gasteiger charge is -2.25. The van der Waals surface area contributed by atoms with Crippen LogP contribution in [0.5, 0.6) is 0 Å². The summed E-state index contributed by atoms with van der Waals surface area (Å²) in [6.45, 7) is 5.64. The van der Waals surface area contributed by atoms with Gasteiger partial charge < -0.3 is 9.64 Å². The van der Waals surface area contributed by atoms with Crippen LogP contribution < -0.4 is 4.90 Å². The Morgan fingerprint density at radius 2 is 1.79 bits per heavy atom. The largest absolute Gasteiger partial charge is 0.462 e. The summed E-state index contributed by atoms with van der Waals surface area (Å²) in [5.74, 6) is 0.922. The lowest BCUT2D eigenvalue weighted by Crippen LogP contribution is -2.27. The number of carbonyl (C=O) groups excluding carboxylic acids is 1. The minimum Gasteiger partial charge on any atom is -0.462 e. The van der Waals surface area contributed by atoms with E-state index in [0.717, 1.165) is 35.2 Å². The summed E-state index contributed by atoms with van der Waals surface area (Å²) in [4.78, 5) is 19.1. The Labute approximate surface area is 192 Å². The molecule has 0 spiro atoms. The predicted molar refractivity (Wildman–Crippen MR) is 127 cm³/mol. The number of anilines is 1. The molecule has 1 N–H and O–H groups in total. The molecule has 0 saturated heterocycles. The van der Waals surface area contributed by atoms with Gasteiger partial charge >= 0.3 is 5.97 Å². The monoisotopic (exact) mass is 442 g/mol. The number of tetrazole rings is 1. The number of hydrogen-bond donors (Lipinski definition) is 1. The van der Waals surface area contributed by atoms with Gasteiger partial charge in [-0.3, -0.25) is 0 Å². The molecule has 0 fully saturated rings. The zero-order valence-electron chi connectivity index (χ0n) is 18.7. The van der Waals surface area contributed by atoms with Crippen molar-refractivity contribution in [3.05, 3.63) is 78.0 Å². The Hall–Kier alpha value is -4.07. The molecule has 0 saturated carbocycles. The molecular formula is C25H26N6O2. The first-order valence-corrected chi connectivity index (χ1v) is 11.0. The van der Waals surface area contributed by atoms with Gasteiger partial charge in [0.05, 0.1) is 6.61 Å². The van der Waals surface area contributed by atoms with Gasteiger partial charge in [0, 0.05) is 24.8 Å². The first-order valence-electron chi connectivity index (χ1n) is 11.0. The van der Waals surface area contributed by atoms with Gasteiger partial charge in [-0.25, -0.2) is 14.9 Å². The number of hydrogen-bond acceptors (Lipinski definition) is 7. The van der Waals surface area contributed by atoms with Crippen molar-refractivity contribution in [3.8, 4) is 22.5 Å². The van der Waals surface area contributed by atoms with Gasteiger partial charge in [0.25, 0.3) is 0 Å². The summed E-state index contributed by atoms with van der Waals surface area (Å²) in [5, 5.41) is 14.3. The second kappa shape index (κ2) is 10.5. The van der Waals surface area contributed by atoms with Crippen molar-refractivity contribution in [1.29, 1.82) is 0 Å². The number of nitrogens with one attached hydrogen (secondary N) is 1. The van der Waals surface area contributed by atoms with E-state index in [4.69, 9.17) is 4.74 Å². The molecule has 2 aromatic carbocycles. The summed E-state index contributed by atoms with van der Waals surface area (Å²) in [7, 11) is 0. The second-order valence-electron chi connectivity index (χ2n) is 7.51. The highest BCUT2D eigenvalue weighted by Crippen LogP contribution is 2.30. The summed E-state index contributed by atoms with van der Waals surface area (Å²) in [5.41, 5.74) is 4.65. The molecule has 0 bridgehead atoms. The molecule has 8 nitrogen and oxygen atoms in total. The lowest BCUT2D eigenvalue weighted by molar-refractivity contribution is 0.0526. The molecule has 4 rings (SSSR count). The summed E-state index contributed by atoms with van der Waals surface area (Å²) < 4.78 is 5.23. The highest BCUT2D eigenvalue weighted by Gasteiger charge is 2.19. The van der Waals surface area contributed by atoms with Crippen LogP contribution in [0.3, 0.4) is 0 Å². The number of aromatic nitrogens is 5. The molecule has 0 amide bonds. The fourth-order valence-electron chi connectivity index (χ4n) is 3.77. The van der Waals surface area contributed by atoms with E-state index in [1.54, 1.807) is 25.3 Å². The van der Waals surface area contributed by atoms with E-state index in [2.05, 4.69) is 67.8 Å². The quantitative estimate of drug-likeness (QED) is 0.381. The molecule has 8 heteroatoms. The maximum Gasteiger partial charge on any atom is 0.341 e. The zero-order chi connectivity index (χ0) is 23.0. The SMILES string of the molecule is CCCN(Cc1ccc(-c2ccccc2-c2nnn[nH]2)cc1)c1ncccc1C(=O)OCC. The molecule has 0 aliphatic rings. The average molecular weight is 443 g/mol. The molecule has 0 atom stereocenters. The van der Waals surface area contributed by atoms with Crippen molar-refractivity contribution in [2.45, 2.75) is 26.8 Å². The van der Waals surface area contributed by atoms with E-state index in [-0.39, 0.29) is 5.97 Å². The van der Waals surface area contributed by atoms with E-state index in [9.17, 15) is 4.79 Å². The van der Waals surface area contributed by atoms with Crippen LogP contribution >= 0.6 is 0 Å². The predicted octanol–water partition coefficient (Wildman–Crippen LogP) is 4.52. The normalized spacial score (nSPS) is 10.7. The van der Waals surface area contributed by atoms with Gasteiger partial charge in [-0.2, -0.15) is 0 Å². The Kier molecular flexibility index (Phi) is 7.04. The van der Waals surface area contributed by atoms with Crippen molar-refractivity contribution < 1.29 is 9.53 Å². The first kappa shape index (κ1) is 22.1. The Balaban J connectivity index is 1.60. The van der Waals surface area contributed by atoms with Crippen LogP contribution in [0.15, 0.2) is 66.9 Å². The van der Waals surface area contributed by atoms with Gasteiger partial charge in [-0.15, -0.1) is 5.10 Å². The highest BCUT2D eigenvalue weighted by atomic mass is 16.5. The summed E-state index contributed by atoms with van der Waals surface area (Å²) >= 11 is 0. The van der Waals surface area contributed by atoms with Crippen LogP contribution in [0.1, 0.15) is 36.2 Å². The van der Waals surface area contributed by atoms with Crippen LogP contribution in [0.4, 0.5) is 5.82 Å². The number of aromatic amines is 1. The van der Waals surface area contributed by atoms with Gasteiger partial charge in [-0.05, 0) is 52.6 Å². The number of nitrogens with zero attached hydrogens (tertiary/aromatic N) is 5. The molecule has 0 aliphatic heterocycles. The number of rotatable bonds is 9. The molecule has 2 heterocycles. The molecule has 33 heavy (non-hydrogen) atoms. The zero-order valence-corrected chi connectivity index (χ0v) is 18.7. The third kappa shape index (κ3) is 5.06. The number of ether oxygens (including phenoxy) is 1. The molecule has 168 valence electrons. The Morgan fingerprint density at radius 3 is 2.48 bits per heavy atom. The lowest BCUT2D eigenvalue weighted by atomic mass is 9.98. The van der Waals surface area contributed by atoms with Crippen LogP contribution in [0, 0.1) is 0 Å². The van der Waals surface area contributed by atoms with Crippen LogP contribution in [0.25, 0.3) is 22.5 Å². The number of pyridine rings is 1. The van der Waals surface area contributed by atoms with E-state index in [1.165, 1.54) is 0 Å². The van der Waals surface area contributed by atoms with E-state index >= 15 is 0 Å². The topological polar surface area (TPSA) is 96.9 Å². The molecular weight excluding hydrogens is 416 g/mol. The van der Waals surface area contributed by atoms with E-state index in [1.807, 2.05) is 18.2 Å². The minimum atomic E-state index is -0.351. The van der Waals surface area contributed by atoms with Crippen molar-refractivity contribution >= 4 is 11.8 Å². The first-order chi connectivity index (χ1) is 16.2. The number of benzene rings is 2. The van der Waals surface area contributed by atoms with Crippen molar-refractivity contribution in [1.82, 2.24) is 25.6 Å². The third-order valence-corrected chi connectivity index (χ3v) is 5.24. The molecule has 0 aliphatic carbocycles. The van der Waals surface area contributed by atoms with Gasteiger partial charge in [0.1, 0.15) is 11.4 Å². The van der Waals surface area contributed by atoms with Crippen LogP contribution in [-0.4, -0.2) is 44.7 Å². The maximum atomic E-state index is 12.5. The van der Waals surface area contributed by atoms with Crippen LogP contribution in [-0.2, 0) is 11.3 Å². The number of carbonyl (C=O) groups is 1. The molecule has 2 aromatic heterocycles. The van der Waals surface area contributed by atoms with E-state index in [0.29, 0.717) is 30.4 Å². The summed E-state index contributed by atoms with van der Waals surface area (Å²) in [6.07, 6.45) is 2.63. The van der Waals surface area contributed by atoms with Crippen molar-refractivity contribution in [2.24, 2.45) is 0 Å². The molecule has 0 radical (unpaired) electrons. The molecule has 0 unspecified atom stereocenters. The minimum absolute atomic E-state index is 0.327. The van der Waals surface area contributed by atoms with Gasteiger partial charge in [0.15, 0.2) is 5.82 Å². The van der Waals surface area contributed by atoms with Crippen molar-refractivity contribution in [3.63, 3.8) is 0 Å². The number of H-pyrrole nitrogens is 1. The van der Waals surface area contributed by atoms with Gasteiger partial charge in [-0.1, -0.05) is 55.5 Å². The Morgan fingerprint density at radius 1 is 1.00 bits per heavy atom. The average Bonchev–Trinajstić information content (AvgIpc) is 3.39. The van der Waals surface area contributed by atoms with Gasteiger partial charge in [0.2, 0.25) is 0 Å². The fraction of sp³-hybridized carbons (Fsp3) is 0.240. The fourth-order valence-corrected chi connectivity index (χ4v) is 3.77. The van der Waals surface area contributed by atoms with Crippen LogP contribution in [0.2, 0.25) is 0 Å². The number of esters is 1. The third-order valence-electron chi connectivity index (χ3n) is 5.24. The standard InChI is InChI=1S/C25H26N6O2/c1-3-16-31(24-22(10-7-15-26-24)25(32)33-4-2)17-18-11-13-19(14-12-18)20-8-5-6-9-21(20)23-27-29-30-28-23/h5-15H,3-4,16-17H2,1-2H3,(H,27,28,29,30). The van der Waals surface area contributed by atoms with Crippen molar-refractivity contribution in [2.75, 3.05) is 18.1 Å². The smallest absolute Gasteiger partial charge is 0.341 e. The molecule has 4 aromatic rings. The Bertz CT molecular complexity index is 1190. The highest BCUT2D eigenvalue weighted by molar-refractivity contribution is 5.94. The maximum absolute atomic E-state index is 12.5. The van der Waals surface area contributed by atoms with E-state index < -0.39 is 0 Å². The summed E-state index contributed by atoms with van der Waals surface area (Å²) in [6, 6.07) is 19.9.